The second-order valence-electron chi connectivity index (χ2n) is 4.76. The molecule has 1 aromatic rings. The maximum Gasteiger partial charge on any atom is 0.434 e. The number of hydrogen-bond acceptors (Lipinski definition) is 3. The first-order chi connectivity index (χ1) is 8.89. The minimum absolute atomic E-state index is 0.292. The number of amides is 1. The molecule has 8 heteroatoms. The number of aromatic nitrogens is 3. The van der Waals surface area contributed by atoms with E-state index in [0.717, 1.165) is 23.9 Å². The molecule has 1 aliphatic rings. The summed E-state index contributed by atoms with van der Waals surface area (Å²) in [6.07, 6.45) is -1.02. The molecule has 0 unspecified atom stereocenters. The van der Waals surface area contributed by atoms with Gasteiger partial charge in [0.15, 0.2) is 5.69 Å². The molecule has 1 saturated carbocycles. The molecule has 2 rings (SSSR count). The molecule has 0 bridgehead atoms. The smallest absolute Gasteiger partial charge is 0.369 e. The molecule has 0 spiro atoms. The number of carbonyl (C=O) groups is 1. The van der Waals surface area contributed by atoms with E-state index in [2.05, 4.69) is 10.3 Å². The summed E-state index contributed by atoms with van der Waals surface area (Å²) in [5.74, 6) is -0.846. The van der Waals surface area contributed by atoms with E-state index < -0.39 is 24.2 Å². The highest BCUT2D eigenvalue weighted by atomic mass is 19.4. The molecular weight excluding hydrogens is 261 g/mol. The van der Waals surface area contributed by atoms with Crippen LogP contribution in [0.25, 0.3) is 0 Å². The summed E-state index contributed by atoms with van der Waals surface area (Å²) in [6.45, 7) is 0. The first-order valence-corrected chi connectivity index (χ1v) is 6.19. The van der Waals surface area contributed by atoms with Gasteiger partial charge < -0.3 is 5.73 Å². The molecule has 1 fully saturated rings. The summed E-state index contributed by atoms with van der Waals surface area (Å²) in [4.78, 5) is 10.8. The van der Waals surface area contributed by atoms with Crippen molar-refractivity contribution in [1.82, 2.24) is 15.0 Å². The molecule has 0 aliphatic heterocycles. The van der Waals surface area contributed by atoms with Gasteiger partial charge in [0, 0.05) is 0 Å². The van der Waals surface area contributed by atoms with Crippen molar-refractivity contribution in [2.45, 2.75) is 50.7 Å². The van der Waals surface area contributed by atoms with Crippen LogP contribution in [0.15, 0.2) is 0 Å². The van der Waals surface area contributed by atoms with E-state index in [0.29, 0.717) is 12.8 Å². The average Bonchev–Trinajstić information content (AvgIpc) is 2.72. The number of primary amides is 1. The van der Waals surface area contributed by atoms with Crippen LogP contribution in [0.4, 0.5) is 13.2 Å². The largest absolute Gasteiger partial charge is 0.434 e. The van der Waals surface area contributed by atoms with Crippen LogP contribution in [-0.4, -0.2) is 20.9 Å². The van der Waals surface area contributed by atoms with Crippen LogP contribution in [0.2, 0.25) is 0 Å². The molecule has 2 N–H and O–H groups in total. The Labute approximate surface area is 108 Å². The molecule has 19 heavy (non-hydrogen) atoms. The van der Waals surface area contributed by atoms with Gasteiger partial charge in [0.2, 0.25) is 5.91 Å². The lowest BCUT2D eigenvalue weighted by Gasteiger charge is -2.23. The molecule has 0 aromatic carbocycles. The summed E-state index contributed by atoms with van der Waals surface area (Å²) in [5, 5.41) is 7.09. The lowest BCUT2D eigenvalue weighted by molar-refractivity contribution is -0.146. The van der Waals surface area contributed by atoms with Crippen molar-refractivity contribution < 1.29 is 18.0 Å². The van der Waals surface area contributed by atoms with E-state index in [1.165, 1.54) is 0 Å². The first-order valence-electron chi connectivity index (χ1n) is 6.19. The van der Waals surface area contributed by atoms with Gasteiger partial charge in [0.25, 0.3) is 0 Å². The van der Waals surface area contributed by atoms with Gasteiger partial charge in [0.05, 0.1) is 12.5 Å². The van der Waals surface area contributed by atoms with Gasteiger partial charge in [-0.25, -0.2) is 4.68 Å². The minimum Gasteiger partial charge on any atom is -0.369 e. The van der Waals surface area contributed by atoms with E-state index in [4.69, 9.17) is 5.73 Å². The zero-order valence-corrected chi connectivity index (χ0v) is 10.3. The highest BCUT2D eigenvalue weighted by molar-refractivity contribution is 5.76. The minimum atomic E-state index is -4.58. The number of alkyl halides is 3. The first kappa shape index (κ1) is 13.8. The fourth-order valence-corrected chi connectivity index (χ4v) is 2.49. The normalized spacial score (nSPS) is 17.6. The summed E-state index contributed by atoms with van der Waals surface area (Å²) < 4.78 is 40.2. The lowest BCUT2D eigenvalue weighted by atomic mass is 9.95. The Hall–Kier alpha value is -1.60. The molecule has 0 radical (unpaired) electrons. The number of nitrogens with zero attached hydrogens (tertiary/aromatic N) is 3. The number of nitrogens with two attached hydrogens (primary N) is 1. The van der Waals surface area contributed by atoms with Crippen molar-refractivity contribution in [3.63, 3.8) is 0 Å². The van der Waals surface area contributed by atoms with E-state index in [9.17, 15) is 18.0 Å². The molecule has 1 amide bonds. The van der Waals surface area contributed by atoms with Crippen molar-refractivity contribution in [2.24, 2.45) is 5.73 Å². The van der Waals surface area contributed by atoms with Crippen LogP contribution >= 0.6 is 0 Å². The second kappa shape index (κ2) is 5.18. The molecule has 0 atom stereocenters. The molecule has 0 saturated heterocycles. The van der Waals surface area contributed by atoms with E-state index >= 15 is 0 Å². The maximum absolute atomic E-state index is 13.1. The van der Waals surface area contributed by atoms with E-state index in [1.807, 2.05) is 0 Å². The summed E-state index contributed by atoms with van der Waals surface area (Å²) in [5.41, 5.74) is 3.63. The molecular formula is C11H15F3N4O. The number of hydrogen-bond donors (Lipinski definition) is 1. The molecule has 1 heterocycles. The van der Waals surface area contributed by atoms with Crippen LogP contribution in [0.1, 0.15) is 49.5 Å². The van der Waals surface area contributed by atoms with Crippen molar-refractivity contribution in [3.05, 3.63) is 11.4 Å². The van der Waals surface area contributed by atoms with Crippen LogP contribution < -0.4 is 5.73 Å². The Morgan fingerprint density at radius 2 is 1.95 bits per heavy atom. The third kappa shape index (κ3) is 3.05. The molecule has 106 valence electrons. The molecule has 5 nitrogen and oxygen atoms in total. The van der Waals surface area contributed by atoms with Gasteiger partial charge in [-0.15, -0.1) is 5.10 Å². The lowest BCUT2D eigenvalue weighted by Crippen LogP contribution is -2.23. The third-order valence-electron chi connectivity index (χ3n) is 3.29. The zero-order chi connectivity index (χ0) is 14.0. The van der Waals surface area contributed by atoms with Crippen LogP contribution in [0.3, 0.4) is 0 Å². The van der Waals surface area contributed by atoms with Crippen LogP contribution in [0.5, 0.6) is 0 Å². The highest BCUT2D eigenvalue weighted by Gasteiger charge is 2.41. The van der Waals surface area contributed by atoms with Crippen LogP contribution in [0, 0.1) is 0 Å². The highest BCUT2D eigenvalue weighted by Crippen LogP contribution is 2.36. The van der Waals surface area contributed by atoms with Gasteiger partial charge in [-0.1, -0.05) is 24.5 Å². The number of carbonyl (C=O) groups excluding carboxylic acids is 1. The standard InChI is InChI=1S/C11H15F3N4O/c12-11(13,14)10-8(6-9(15)19)16-17-18(10)7-4-2-1-3-5-7/h7H,1-6H2,(H2,15,19). The monoisotopic (exact) mass is 276 g/mol. The zero-order valence-electron chi connectivity index (χ0n) is 10.3. The quantitative estimate of drug-likeness (QED) is 0.915. The Morgan fingerprint density at radius 3 is 2.47 bits per heavy atom. The van der Waals surface area contributed by atoms with Gasteiger partial charge in [-0.3, -0.25) is 4.79 Å². The maximum atomic E-state index is 13.1. The topological polar surface area (TPSA) is 73.8 Å². The summed E-state index contributed by atoms with van der Waals surface area (Å²) >= 11 is 0. The SMILES string of the molecule is NC(=O)Cc1nnn(C2CCCCC2)c1C(F)(F)F. The van der Waals surface area contributed by atoms with Crippen molar-refractivity contribution in [2.75, 3.05) is 0 Å². The Morgan fingerprint density at radius 1 is 1.32 bits per heavy atom. The van der Waals surface area contributed by atoms with Crippen LogP contribution in [-0.2, 0) is 17.4 Å². The third-order valence-corrected chi connectivity index (χ3v) is 3.29. The van der Waals surface area contributed by atoms with Gasteiger partial charge >= 0.3 is 6.18 Å². The summed E-state index contributed by atoms with van der Waals surface area (Å²) in [7, 11) is 0. The van der Waals surface area contributed by atoms with Crippen molar-refractivity contribution >= 4 is 5.91 Å². The van der Waals surface area contributed by atoms with Crippen molar-refractivity contribution in [3.8, 4) is 0 Å². The molecule has 1 aromatic heterocycles. The van der Waals surface area contributed by atoms with Gasteiger partial charge in [0.1, 0.15) is 5.69 Å². The fraction of sp³-hybridized carbons (Fsp3) is 0.727. The second-order valence-corrected chi connectivity index (χ2v) is 4.76. The fourth-order valence-electron chi connectivity index (χ4n) is 2.49. The Bertz CT molecular complexity index is 463. The Balaban J connectivity index is 2.37. The predicted octanol–water partition coefficient (Wildman–Crippen LogP) is 1.83. The molecule has 1 aliphatic carbocycles. The van der Waals surface area contributed by atoms with E-state index in [-0.39, 0.29) is 11.7 Å². The Kier molecular flexibility index (Phi) is 3.77. The summed E-state index contributed by atoms with van der Waals surface area (Å²) in [6, 6.07) is -0.292. The average molecular weight is 276 g/mol. The van der Waals surface area contributed by atoms with Gasteiger partial charge in [-0.05, 0) is 12.8 Å². The number of halogens is 3. The number of rotatable bonds is 3. The predicted molar refractivity (Wildman–Crippen MR) is 60.0 cm³/mol. The van der Waals surface area contributed by atoms with Gasteiger partial charge in [-0.2, -0.15) is 13.2 Å². The van der Waals surface area contributed by atoms with E-state index in [1.54, 1.807) is 0 Å². The van der Waals surface area contributed by atoms with Crippen molar-refractivity contribution in [1.29, 1.82) is 0 Å².